The molecular weight excluding hydrogens is 350 g/mol. The fourth-order valence-electron chi connectivity index (χ4n) is 4.70. The summed E-state index contributed by atoms with van der Waals surface area (Å²) in [5.41, 5.74) is 1.92. The Bertz CT molecular complexity index is 534. The summed E-state index contributed by atoms with van der Waals surface area (Å²) in [7, 11) is 0. The Labute approximate surface area is 171 Å². The average Bonchev–Trinajstić information content (AvgIpc) is 2.70. The second-order valence-electron chi connectivity index (χ2n) is 8.79. The van der Waals surface area contributed by atoms with Crippen LogP contribution in [0.1, 0.15) is 120 Å². The summed E-state index contributed by atoms with van der Waals surface area (Å²) in [6.07, 6.45) is 20.0. The van der Waals surface area contributed by atoms with E-state index in [1.807, 2.05) is 24.3 Å². The van der Waals surface area contributed by atoms with Gasteiger partial charge in [0.1, 0.15) is 0 Å². The normalized spacial score (nSPS) is 19.5. The van der Waals surface area contributed by atoms with E-state index < -0.39 is 6.08 Å². The van der Waals surface area contributed by atoms with E-state index in [1.54, 1.807) is 0 Å². The number of halogens is 2. The molecule has 0 unspecified atom stereocenters. The minimum absolute atomic E-state index is 0.596. The van der Waals surface area contributed by atoms with E-state index >= 15 is 0 Å². The predicted octanol–water partition coefficient (Wildman–Crippen LogP) is 9.51. The Hall–Kier alpha value is -1.18. The van der Waals surface area contributed by atoms with Crippen molar-refractivity contribution in [1.29, 1.82) is 0 Å². The van der Waals surface area contributed by atoms with Gasteiger partial charge in [-0.2, -0.15) is 8.78 Å². The van der Waals surface area contributed by atoms with Crippen LogP contribution in [0.5, 0.6) is 0 Å². The fraction of sp³-hybridized carbons (Fsp3) is 0.692. The number of unbranched alkanes of at least 4 members (excludes halogenated alkanes) is 9. The molecule has 0 nitrogen and oxygen atoms in total. The highest BCUT2D eigenvalue weighted by Gasteiger charge is 2.21. The molecule has 0 heterocycles. The van der Waals surface area contributed by atoms with Crippen molar-refractivity contribution >= 4 is 6.08 Å². The molecule has 28 heavy (non-hydrogen) atoms. The molecule has 0 spiro atoms. The molecule has 1 aliphatic rings. The summed E-state index contributed by atoms with van der Waals surface area (Å²) in [6, 6.07) is 7.73. The molecule has 2 rings (SSSR count). The smallest absolute Gasteiger partial charge is 0.173 e. The van der Waals surface area contributed by atoms with E-state index in [9.17, 15) is 8.78 Å². The maximum atomic E-state index is 12.3. The Balaban J connectivity index is 1.52. The summed E-state index contributed by atoms with van der Waals surface area (Å²) in [4.78, 5) is 0. The van der Waals surface area contributed by atoms with Crippen LogP contribution in [0.15, 0.2) is 30.3 Å². The molecule has 158 valence electrons. The second-order valence-corrected chi connectivity index (χ2v) is 8.79. The molecule has 0 saturated heterocycles. The van der Waals surface area contributed by atoms with Crippen molar-refractivity contribution in [2.24, 2.45) is 5.92 Å². The number of hydrogen-bond donors (Lipinski definition) is 0. The SMILES string of the molecule is CCCCCCCCCCCCC1CCC(c2ccc(C=C(F)F)cc2)CC1. The summed E-state index contributed by atoms with van der Waals surface area (Å²) in [5.74, 6) is 1.53. The first-order valence-electron chi connectivity index (χ1n) is 11.8. The molecule has 0 radical (unpaired) electrons. The van der Waals surface area contributed by atoms with Gasteiger partial charge < -0.3 is 0 Å². The summed E-state index contributed by atoms with van der Waals surface area (Å²) < 4.78 is 24.7. The zero-order valence-corrected chi connectivity index (χ0v) is 17.9. The lowest BCUT2D eigenvalue weighted by Gasteiger charge is -2.29. The van der Waals surface area contributed by atoms with Gasteiger partial charge >= 0.3 is 0 Å². The average molecular weight is 391 g/mol. The molecule has 0 N–H and O–H groups in total. The first-order valence-corrected chi connectivity index (χ1v) is 11.8. The minimum atomic E-state index is -1.62. The van der Waals surface area contributed by atoms with Crippen LogP contribution in [0.25, 0.3) is 6.08 Å². The standard InChI is InChI=1S/C26H40F2/c1-2-3-4-5-6-7-8-9-10-11-12-22-13-17-24(18-14-22)25-19-15-23(16-20-25)21-26(27)28/h15-16,19-22,24H,2-14,17-18H2,1H3. The van der Waals surface area contributed by atoms with Crippen LogP contribution in [0.2, 0.25) is 0 Å². The van der Waals surface area contributed by atoms with Gasteiger partial charge in [0.15, 0.2) is 0 Å². The third-order valence-corrected chi connectivity index (χ3v) is 6.50. The Morgan fingerprint density at radius 1 is 0.786 bits per heavy atom. The van der Waals surface area contributed by atoms with Gasteiger partial charge in [-0.3, -0.25) is 0 Å². The highest BCUT2D eigenvalue weighted by atomic mass is 19.3. The van der Waals surface area contributed by atoms with Gasteiger partial charge in [-0.1, -0.05) is 102 Å². The van der Waals surface area contributed by atoms with Gasteiger partial charge in [-0.15, -0.1) is 0 Å². The zero-order valence-electron chi connectivity index (χ0n) is 17.9. The van der Waals surface area contributed by atoms with Crippen molar-refractivity contribution in [2.75, 3.05) is 0 Å². The first kappa shape index (κ1) is 23.1. The van der Waals surface area contributed by atoms with E-state index in [2.05, 4.69) is 6.92 Å². The minimum Gasteiger partial charge on any atom is -0.173 e. The van der Waals surface area contributed by atoms with E-state index in [1.165, 1.54) is 102 Å². The second kappa shape index (κ2) is 13.9. The van der Waals surface area contributed by atoms with Crippen molar-refractivity contribution in [3.63, 3.8) is 0 Å². The van der Waals surface area contributed by atoms with Gasteiger partial charge in [0.05, 0.1) is 0 Å². The fourth-order valence-corrected chi connectivity index (χ4v) is 4.70. The first-order chi connectivity index (χ1) is 13.7. The molecule has 0 aliphatic heterocycles. The van der Waals surface area contributed by atoms with Gasteiger partial charge in [-0.05, 0) is 48.6 Å². The van der Waals surface area contributed by atoms with Crippen LogP contribution in [0, 0.1) is 5.92 Å². The lowest BCUT2D eigenvalue weighted by atomic mass is 9.77. The third-order valence-electron chi connectivity index (χ3n) is 6.50. The molecule has 1 aromatic carbocycles. The predicted molar refractivity (Wildman–Crippen MR) is 118 cm³/mol. The third kappa shape index (κ3) is 9.34. The highest BCUT2D eigenvalue weighted by molar-refractivity contribution is 5.50. The van der Waals surface area contributed by atoms with Crippen molar-refractivity contribution in [1.82, 2.24) is 0 Å². The summed E-state index contributed by atoms with van der Waals surface area (Å²) in [6.45, 7) is 2.28. The molecule has 0 atom stereocenters. The van der Waals surface area contributed by atoms with Gasteiger partial charge in [0.25, 0.3) is 6.08 Å². The Kier molecular flexibility index (Phi) is 11.5. The molecule has 0 amide bonds. The lowest BCUT2D eigenvalue weighted by Crippen LogP contribution is -2.13. The molecule has 1 aliphatic carbocycles. The number of hydrogen-bond acceptors (Lipinski definition) is 0. The van der Waals surface area contributed by atoms with Crippen LogP contribution in [-0.2, 0) is 0 Å². The van der Waals surface area contributed by atoms with Crippen molar-refractivity contribution in [3.05, 3.63) is 41.5 Å². The van der Waals surface area contributed by atoms with Gasteiger partial charge in [0.2, 0.25) is 0 Å². The van der Waals surface area contributed by atoms with Crippen molar-refractivity contribution < 1.29 is 8.78 Å². The number of rotatable bonds is 13. The molecule has 1 saturated carbocycles. The summed E-state index contributed by atoms with van der Waals surface area (Å²) >= 11 is 0. The van der Waals surface area contributed by atoms with Crippen LogP contribution < -0.4 is 0 Å². The van der Waals surface area contributed by atoms with Gasteiger partial charge in [0, 0.05) is 6.08 Å². The van der Waals surface area contributed by atoms with E-state index in [4.69, 9.17) is 0 Å². The van der Waals surface area contributed by atoms with Crippen molar-refractivity contribution in [3.8, 4) is 0 Å². The molecule has 0 aromatic heterocycles. The van der Waals surface area contributed by atoms with Crippen LogP contribution in [0.4, 0.5) is 8.78 Å². The Morgan fingerprint density at radius 2 is 1.32 bits per heavy atom. The van der Waals surface area contributed by atoms with Crippen molar-refractivity contribution in [2.45, 2.75) is 109 Å². The van der Waals surface area contributed by atoms with E-state index in [0.717, 1.165) is 12.0 Å². The van der Waals surface area contributed by atoms with Gasteiger partial charge in [-0.25, -0.2) is 0 Å². The van der Waals surface area contributed by atoms with Crippen LogP contribution >= 0.6 is 0 Å². The highest BCUT2D eigenvalue weighted by Crippen LogP contribution is 2.38. The lowest BCUT2D eigenvalue weighted by molar-refractivity contribution is 0.301. The molecule has 1 aromatic rings. The van der Waals surface area contributed by atoms with Crippen LogP contribution in [-0.4, -0.2) is 0 Å². The zero-order chi connectivity index (χ0) is 20.0. The number of benzene rings is 1. The molecule has 1 fully saturated rings. The topological polar surface area (TPSA) is 0 Å². The van der Waals surface area contributed by atoms with E-state index in [0.29, 0.717) is 11.5 Å². The maximum Gasteiger partial charge on any atom is 0.270 e. The largest absolute Gasteiger partial charge is 0.270 e. The Morgan fingerprint density at radius 3 is 1.86 bits per heavy atom. The quantitative estimate of drug-likeness (QED) is 0.294. The van der Waals surface area contributed by atoms with Crippen LogP contribution in [0.3, 0.4) is 0 Å². The summed E-state index contributed by atoms with van der Waals surface area (Å²) in [5, 5.41) is 0. The monoisotopic (exact) mass is 390 g/mol. The molecule has 0 bridgehead atoms. The maximum absolute atomic E-state index is 12.3. The van der Waals surface area contributed by atoms with E-state index in [-0.39, 0.29) is 0 Å². The molecular formula is C26H40F2. The molecule has 2 heteroatoms.